The Bertz CT molecular complexity index is 581. The van der Waals surface area contributed by atoms with Crippen molar-refractivity contribution in [2.45, 2.75) is 26.4 Å². The van der Waals surface area contributed by atoms with Crippen LogP contribution in [0.2, 0.25) is 5.02 Å². The highest BCUT2D eigenvalue weighted by Gasteiger charge is 2.05. The van der Waals surface area contributed by atoms with Crippen molar-refractivity contribution < 1.29 is 4.74 Å². The van der Waals surface area contributed by atoms with Crippen molar-refractivity contribution in [3.8, 4) is 16.9 Å². The van der Waals surface area contributed by atoms with E-state index in [1.807, 2.05) is 18.2 Å². The molecule has 2 aromatic carbocycles. The van der Waals surface area contributed by atoms with Crippen LogP contribution >= 0.6 is 11.6 Å². The van der Waals surface area contributed by atoms with Gasteiger partial charge in [-0.25, -0.2) is 0 Å². The second kappa shape index (κ2) is 6.78. The molecule has 0 aliphatic heterocycles. The summed E-state index contributed by atoms with van der Waals surface area (Å²) in [6.45, 7) is 5.16. The Balaban J connectivity index is 2.26. The van der Waals surface area contributed by atoms with Gasteiger partial charge in [0.1, 0.15) is 5.75 Å². The third-order valence-corrected chi connectivity index (χ3v) is 3.44. The molecule has 2 rings (SSSR count). The van der Waals surface area contributed by atoms with Crippen LogP contribution in [0.25, 0.3) is 11.1 Å². The molecule has 0 spiro atoms. The molecule has 0 heterocycles. The van der Waals surface area contributed by atoms with E-state index in [0.717, 1.165) is 12.1 Å². The molecule has 0 radical (unpaired) electrons. The van der Waals surface area contributed by atoms with Gasteiger partial charge in [-0.3, -0.25) is 0 Å². The van der Waals surface area contributed by atoms with Gasteiger partial charge < -0.3 is 10.1 Å². The Hall–Kier alpha value is -1.51. The predicted octanol–water partition coefficient (Wildman–Crippen LogP) is 4.51. The van der Waals surface area contributed by atoms with Gasteiger partial charge in [0.25, 0.3) is 0 Å². The third-order valence-electron chi connectivity index (χ3n) is 3.13. The number of methoxy groups -OCH3 is 1. The van der Waals surface area contributed by atoms with Crippen LogP contribution in [0.15, 0.2) is 42.5 Å². The topological polar surface area (TPSA) is 21.3 Å². The molecular weight excluding hydrogens is 270 g/mol. The van der Waals surface area contributed by atoms with E-state index < -0.39 is 0 Å². The van der Waals surface area contributed by atoms with Gasteiger partial charge in [-0.05, 0) is 34.9 Å². The first-order chi connectivity index (χ1) is 9.60. The second-order valence-corrected chi connectivity index (χ2v) is 5.49. The van der Waals surface area contributed by atoms with Crippen LogP contribution in [0.5, 0.6) is 5.75 Å². The van der Waals surface area contributed by atoms with Gasteiger partial charge in [-0.15, -0.1) is 0 Å². The lowest BCUT2D eigenvalue weighted by Gasteiger charge is -2.10. The minimum Gasteiger partial charge on any atom is -0.495 e. The fourth-order valence-electron chi connectivity index (χ4n) is 2.02. The minimum absolute atomic E-state index is 0.481. The molecule has 3 heteroatoms. The fourth-order valence-corrected chi connectivity index (χ4v) is 2.22. The Morgan fingerprint density at radius 2 is 1.85 bits per heavy atom. The van der Waals surface area contributed by atoms with Crippen molar-refractivity contribution in [1.29, 1.82) is 0 Å². The number of hydrogen-bond donors (Lipinski definition) is 1. The van der Waals surface area contributed by atoms with Crippen LogP contribution in [-0.4, -0.2) is 13.2 Å². The Morgan fingerprint density at radius 1 is 1.10 bits per heavy atom. The molecule has 0 aliphatic carbocycles. The zero-order chi connectivity index (χ0) is 14.5. The highest BCUT2D eigenvalue weighted by Crippen LogP contribution is 2.30. The highest BCUT2D eigenvalue weighted by molar-refractivity contribution is 6.32. The largest absolute Gasteiger partial charge is 0.495 e. The molecule has 0 unspecified atom stereocenters. The van der Waals surface area contributed by atoms with Crippen LogP contribution in [0.3, 0.4) is 0 Å². The van der Waals surface area contributed by atoms with Gasteiger partial charge in [-0.2, -0.15) is 0 Å². The summed E-state index contributed by atoms with van der Waals surface area (Å²) in [5.41, 5.74) is 3.55. The maximum Gasteiger partial charge on any atom is 0.138 e. The van der Waals surface area contributed by atoms with Gasteiger partial charge in [0.2, 0.25) is 0 Å². The average molecular weight is 290 g/mol. The average Bonchev–Trinajstić information content (AvgIpc) is 2.46. The summed E-state index contributed by atoms with van der Waals surface area (Å²) >= 11 is 6.06. The molecule has 0 saturated carbocycles. The standard InChI is InChI=1S/C17H20ClNO/c1-12(2)19-11-13-5-4-6-14(9-13)15-7-8-16(18)17(10-15)20-3/h4-10,12,19H,11H2,1-3H3. The molecule has 2 nitrogen and oxygen atoms in total. The molecule has 0 saturated heterocycles. The predicted molar refractivity (Wildman–Crippen MR) is 85.4 cm³/mol. The Labute approximate surface area is 125 Å². The van der Waals surface area contributed by atoms with Crippen LogP contribution in [0.4, 0.5) is 0 Å². The Kier molecular flexibility index (Phi) is 5.05. The molecule has 2 aromatic rings. The van der Waals surface area contributed by atoms with Crippen LogP contribution in [-0.2, 0) is 6.54 Å². The maximum absolute atomic E-state index is 6.06. The van der Waals surface area contributed by atoms with E-state index in [4.69, 9.17) is 16.3 Å². The summed E-state index contributed by atoms with van der Waals surface area (Å²) in [6.07, 6.45) is 0. The quantitative estimate of drug-likeness (QED) is 0.874. The second-order valence-electron chi connectivity index (χ2n) is 5.09. The van der Waals surface area contributed by atoms with Crippen molar-refractivity contribution >= 4 is 11.6 Å². The lowest BCUT2D eigenvalue weighted by molar-refractivity contribution is 0.415. The number of nitrogens with one attached hydrogen (secondary N) is 1. The normalized spacial score (nSPS) is 10.8. The van der Waals surface area contributed by atoms with Crippen LogP contribution in [0, 0.1) is 0 Å². The molecule has 0 fully saturated rings. The maximum atomic E-state index is 6.06. The van der Waals surface area contributed by atoms with E-state index in [0.29, 0.717) is 16.8 Å². The summed E-state index contributed by atoms with van der Waals surface area (Å²) in [5, 5.41) is 4.06. The van der Waals surface area contributed by atoms with Crippen molar-refractivity contribution in [1.82, 2.24) is 5.32 Å². The zero-order valence-corrected chi connectivity index (χ0v) is 12.9. The van der Waals surface area contributed by atoms with Crippen LogP contribution < -0.4 is 10.1 Å². The van der Waals surface area contributed by atoms with Gasteiger partial charge in [0, 0.05) is 12.6 Å². The molecule has 20 heavy (non-hydrogen) atoms. The van der Waals surface area contributed by atoms with Gasteiger partial charge in [0.05, 0.1) is 12.1 Å². The number of halogens is 1. The third kappa shape index (κ3) is 3.75. The first kappa shape index (κ1) is 14.9. The van der Waals surface area contributed by atoms with Crippen molar-refractivity contribution in [2.24, 2.45) is 0 Å². The zero-order valence-electron chi connectivity index (χ0n) is 12.1. The molecule has 0 atom stereocenters. The first-order valence-electron chi connectivity index (χ1n) is 6.76. The van der Waals surface area contributed by atoms with E-state index in [-0.39, 0.29) is 0 Å². The molecule has 0 bridgehead atoms. The van der Waals surface area contributed by atoms with Crippen molar-refractivity contribution in [3.05, 3.63) is 53.1 Å². The van der Waals surface area contributed by atoms with Crippen molar-refractivity contribution in [2.75, 3.05) is 7.11 Å². The molecule has 1 N–H and O–H groups in total. The van der Waals surface area contributed by atoms with E-state index in [1.54, 1.807) is 7.11 Å². The summed E-state index contributed by atoms with van der Waals surface area (Å²) in [7, 11) is 1.63. The van der Waals surface area contributed by atoms with Crippen LogP contribution in [0.1, 0.15) is 19.4 Å². The van der Waals surface area contributed by atoms with Gasteiger partial charge in [0.15, 0.2) is 0 Å². The molecular formula is C17H20ClNO. The minimum atomic E-state index is 0.481. The van der Waals surface area contributed by atoms with E-state index in [9.17, 15) is 0 Å². The van der Waals surface area contributed by atoms with E-state index in [2.05, 4.69) is 43.4 Å². The van der Waals surface area contributed by atoms with E-state index in [1.165, 1.54) is 11.1 Å². The summed E-state index contributed by atoms with van der Waals surface area (Å²) < 4.78 is 5.27. The number of ether oxygens (including phenoxy) is 1. The highest BCUT2D eigenvalue weighted by atomic mass is 35.5. The Morgan fingerprint density at radius 3 is 2.55 bits per heavy atom. The smallest absolute Gasteiger partial charge is 0.138 e. The fraction of sp³-hybridized carbons (Fsp3) is 0.294. The van der Waals surface area contributed by atoms with Gasteiger partial charge >= 0.3 is 0 Å². The van der Waals surface area contributed by atoms with Gasteiger partial charge in [-0.1, -0.05) is 49.7 Å². The lowest BCUT2D eigenvalue weighted by Crippen LogP contribution is -2.21. The SMILES string of the molecule is COc1cc(-c2cccc(CNC(C)C)c2)ccc1Cl. The van der Waals surface area contributed by atoms with E-state index >= 15 is 0 Å². The number of rotatable bonds is 5. The van der Waals surface area contributed by atoms with Crippen molar-refractivity contribution in [3.63, 3.8) is 0 Å². The number of hydrogen-bond acceptors (Lipinski definition) is 2. The summed E-state index contributed by atoms with van der Waals surface area (Å²) in [4.78, 5) is 0. The summed E-state index contributed by atoms with van der Waals surface area (Å²) in [5.74, 6) is 0.704. The monoisotopic (exact) mass is 289 g/mol. The molecule has 106 valence electrons. The number of benzene rings is 2. The molecule has 0 aromatic heterocycles. The lowest BCUT2D eigenvalue weighted by atomic mass is 10.0. The first-order valence-corrected chi connectivity index (χ1v) is 7.14. The summed E-state index contributed by atoms with van der Waals surface area (Å²) in [6, 6.07) is 14.8. The molecule has 0 aliphatic rings. The molecule has 0 amide bonds.